The average molecular weight is 252 g/mol. The van der Waals surface area contributed by atoms with Gasteiger partial charge < -0.3 is 15.7 Å². The Balaban J connectivity index is 2.08. The van der Waals surface area contributed by atoms with Crippen LogP contribution in [0.15, 0.2) is 12.3 Å². The molecule has 17 heavy (non-hydrogen) atoms. The molecule has 0 bridgehead atoms. The number of aliphatic hydroxyl groups is 1. The Morgan fingerprint density at radius 2 is 2.24 bits per heavy atom. The molecule has 1 aliphatic heterocycles. The number of aromatic nitrogens is 2. The topological polar surface area (TPSA) is 75.3 Å². The molecule has 1 fully saturated rings. The van der Waals surface area contributed by atoms with E-state index in [9.17, 15) is 0 Å². The van der Waals surface area contributed by atoms with Gasteiger partial charge in [0.05, 0.1) is 0 Å². The van der Waals surface area contributed by atoms with E-state index in [1.807, 2.05) is 0 Å². The summed E-state index contributed by atoms with van der Waals surface area (Å²) in [6.07, 6.45) is 3.61. The smallest absolute Gasteiger partial charge is 0.225 e. The van der Waals surface area contributed by atoms with Crippen molar-refractivity contribution in [1.29, 1.82) is 0 Å². The molecule has 5 nitrogen and oxygen atoms in total. The third kappa shape index (κ3) is 2.89. The van der Waals surface area contributed by atoms with Crippen LogP contribution in [0.1, 0.15) is 18.5 Å². The van der Waals surface area contributed by atoms with Gasteiger partial charge in [-0.15, -0.1) is 0 Å². The molecular formula is C11H16N4OS. The van der Waals surface area contributed by atoms with Crippen LogP contribution in [0.3, 0.4) is 0 Å². The normalized spacial score (nSPS) is 17.1. The summed E-state index contributed by atoms with van der Waals surface area (Å²) in [5.41, 5.74) is 6.15. The van der Waals surface area contributed by atoms with Crippen LogP contribution >= 0.6 is 12.2 Å². The van der Waals surface area contributed by atoms with Crippen molar-refractivity contribution >= 4 is 23.2 Å². The Morgan fingerprint density at radius 3 is 2.82 bits per heavy atom. The van der Waals surface area contributed by atoms with Crippen molar-refractivity contribution in [1.82, 2.24) is 9.97 Å². The number of rotatable bonds is 3. The number of aliphatic hydroxyl groups excluding tert-OH is 1. The van der Waals surface area contributed by atoms with Crippen molar-refractivity contribution in [2.45, 2.75) is 12.8 Å². The first-order valence-corrected chi connectivity index (χ1v) is 6.10. The summed E-state index contributed by atoms with van der Waals surface area (Å²) >= 11 is 4.90. The van der Waals surface area contributed by atoms with Gasteiger partial charge >= 0.3 is 0 Å². The van der Waals surface area contributed by atoms with Crippen molar-refractivity contribution in [3.05, 3.63) is 18.0 Å². The zero-order chi connectivity index (χ0) is 12.3. The highest BCUT2D eigenvalue weighted by Crippen LogP contribution is 2.19. The maximum atomic E-state index is 9.08. The number of thiocarbonyl (C=S) groups is 1. The van der Waals surface area contributed by atoms with E-state index >= 15 is 0 Å². The van der Waals surface area contributed by atoms with Gasteiger partial charge in [-0.25, -0.2) is 9.97 Å². The Labute approximate surface area is 106 Å². The number of piperidine rings is 1. The summed E-state index contributed by atoms with van der Waals surface area (Å²) in [4.78, 5) is 11.0. The molecule has 3 N–H and O–H groups in total. The lowest BCUT2D eigenvalue weighted by molar-refractivity contribution is 0.202. The molecule has 0 unspecified atom stereocenters. The molecular weight excluding hydrogens is 236 g/mol. The predicted octanol–water partition coefficient (Wildman–Crippen LogP) is 0.319. The summed E-state index contributed by atoms with van der Waals surface area (Å²) < 4.78 is 0. The molecule has 2 heterocycles. The van der Waals surface area contributed by atoms with Gasteiger partial charge in [-0.1, -0.05) is 12.2 Å². The van der Waals surface area contributed by atoms with Crippen LogP contribution in [-0.2, 0) is 0 Å². The van der Waals surface area contributed by atoms with Gasteiger partial charge in [0.1, 0.15) is 10.7 Å². The fourth-order valence-electron chi connectivity index (χ4n) is 1.95. The van der Waals surface area contributed by atoms with E-state index in [0.717, 1.165) is 25.9 Å². The van der Waals surface area contributed by atoms with Gasteiger partial charge in [0.25, 0.3) is 0 Å². The van der Waals surface area contributed by atoms with Crippen LogP contribution in [0.2, 0.25) is 0 Å². The van der Waals surface area contributed by atoms with E-state index in [0.29, 0.717) is 22.5 Å². The number of anilines is 1. The SMILES string of the molecule is NC(=S)c1ccnc(N2CCC(CO)CC2)n1. The third-order valence-corrected chi connectivity index (χ3v) is 3.26. The molecule has 92 valence electrons. The molecule has 0 amide bonds. The zero-order valence-corrected chi connectivity index (χ0v) is 10.4. The highest BCUT2D eigenvalue weighted by atomic mass is 32.1. The summed E-state index contributed by atoms with van der Waals surface area (Å²) in [5, 5.41) is 9.08. The lowest BCUT2D eigenvalue weighted by Crippen LogP contribution is -2.36. The molecule has 0 radical (unpaired) electrons. The van der Waals surface area contributed by atoms with E-state index in [-0.39, 0.29) is 6.61 Å². The third-order valence-electron chi connectivity index (χ3n) is 3.05. The van der Waals surface area contributed by atoms with Crippen LogP contribution in [0, 0.1) is 5.92 Å². The fourth-order valence-corrected chi connectivity index (χ4v) is 2.07. The maximum absolute atomic E-state index is 9.08. The van der Waals surface area contributed by atoms with Crippen LogP contribution in [0.5, 0.6) is 0 Å². The monoisotopic (exact) mass is 252 g/mol. The Kier molecular flexibility index (Phi) is 3.86. The highest BCUT2D eigenvalue weighted by molar-refractivity contribution is 7.80. The van der Waals surface area contributed by atoms with E-state index in [1.165, 1.54) is 0 Å². The lowest BCUT2D eigenvalue weighted by atomic mass is 9.98. The van der Waals surface area contributed by atoms with Crippen molar-refractivity contribution in [3.63, 3.8) is 0 Å². The Morgan fingerprint density at radius 1 is 1.53 bits per heavy atom. The molecule has 0 spiro atoms. The summed E-state index contributed by atoms with van der Waals surface area (Å²) in [6.45, 7) is 2.00. The van der Waals surface area contributed by atoms with Crippen molar-refractivity contribution in [2.24, 2.45) is 11.7 Å². The summed E-state index contributed by atoms with van der Waals surface area (Å²) in [7, 11) is 0. The molecule has 6 heteroatoms. The first kappa shape index (κ1) is 12.2. The number of hydrogen-bond acceptors (Lipinski definition) is 5. The highest BCUT2D eigenvalue weighted by Gasteiger charge is 2.20. The van der Waals surface area contributed by atoms with E-state index in [2.05, 4.69) is 14.9 Å². The minimum absolute atomic E-state index is 0.265. The van der Waals surface area contributed by atoms with Crippen LogP contribution in [-0.4, -0.2) is 39.8 Å². The quantitative estimate of drug-likeness (QED) is 0.755. The minimum atomic E-state index is 0.265. The second kappa shape index (κ2) is 5.37. The van der Waals surface area contributed by atoms with Crippen molar-refractivity contribution in [2.75, 3.05) is 24.6 Å². The maximum Gasteiger partial charge on any atom is 0.225 e. The van der Waals surface area contributed by atoms with E-state index < -0.39 is 0 Å². The minimum Gasteiger partial charge on any atom is -0.396 e. The molecule has 0 aromatic carbocycles. The Hall–Kier alpha value is -1.27. The molecule has 0 atom stereocenters. The molecule has 1 aliphatic rings. The fraction of sp³-hybridized carbons (Fsp3) is 0.545. The van der Waals surface area contributed by atoms with Gasteiger partial charge in [0.2, 0.25) is 5.95 Å². The van der Waals surface area contributed by atoms with E-state index in [4.69, 9.17) is 23.1 Å². The second-order valence-corrected chi connectivity index (χ2v) is 4.66. The van der Waals surface area contributed by atoms with Crippen LogP contribution in [0.25, 0.3) is 0 Å². The number of hydrogen-bond donors (Lipinski definition) is 2. The van der Waals surface area contributed by atoms with Crippen molar-refractivity contribution in [3.8, 4) is 0 Å². The largest absolute Gasteiger partial charge is 0.396 e. The summed E-state index contributed by atoms with van der Waals surface area (Å²) in [6, 6.07) is 1.71. The predicted molar refractivity (Wildman–Crippen MR) is 69.9 cm³/mol. The van der Waals surface area contributed by atoms with Crippen LogP contribution < -0.4 is 10.6 Å². The van der Waals surface area contributed by atoms with Gasteiger partial charge in [0, 0.05) is 25.9 Å². The zero-order valence-electron chi connectivity index (χ0n) is 9.54. The molecule has 0 aliphatic carbocycles. The van der Waals surface area contributed by atoms with Gasteiger partial charge in [0.15, 0.2) is 0 Å². The number of nitrogens with zero attached hydrogens (tertiary/aromatic N) is 3. The Bertz CT molecular complexity index is 404. The second-order valence-electron chi connectivity index (χ2n) is 4.22. The summed E-state index contributed by atoms with van der Waals surface area (Å²) in [5.74, 6) is 1.08. The average Bonchev–Trinajstić information content (AvgIpc) is 2.39. The van der Waals surface area contributed by atoms with Gasteiger partial charge in [-0.05, 0) is 24.8 Å². The standard InChI is InChI=1S/C11H16N4OS/c12-10(17)9-1-4-13-11(14-9)15-5-2-8(7-16)3-6-15/h1,4,8,16H,2-3,5-7H2,(H2,12,17). The molecule has 2 rings (SSSR count). The molecule has 1 saturated heterocycles. The number of nitrogens with two attached hydrogens (primary N) is 1. The van der Waals surface area contributed by atoms with Crippen molar-refractivity contribution < 1.29 is 5.11 Å². The first-order chi connectivity index (χ1) is 8.20. The first-order valence-electron chi connectivity index (χ1n) is 5.69. The molecule has 0 saturated carbocycles. The molecule has 1 aromatic rings. The van der Waals surface area contributed by atoms with Crippen LogP contribution in [0.4, 0.5) is 5.95 Å². The molecule has 1 aromatic heterocycles. The van der Waals surface area contributed by atoms with Gasteiger partial charge in [-0.2, -0.15) is 0 Å². The van der Waals surface area contributed by atoms with Gasteiger partial charge in [-0.3, -0.25) is 0 Å². The lowest BCUT2D eigenvalue weighted by Gasteiger charge is -2.31. The van der Waals surface area contributed by atoms with E-state index in [1.54, 1.807) is 12.3 Å².